The molecule has 1 aliphatic carbocycles. The van der Waals surface area contributed by atoms with Gasteiger partial charge in [-0.15, -0.1) is 6.42 Å². The molecule has 0 unspecified atom stereocenters. The van der Waals surface area contributed by atoms with Crippen molar-refractivity contribution in [2.75, 3.05) is 0 Å². The van der Waals surface area contributed by atoms with Gasteiger partial charge in [0.05, 0.1) is 5.92 Å². The molecule has 0 aliphatic heterocycles. The van der Waals surface area contributed by atoms with Crippen LogP contribution in [0.25, 0.3) is 11.1 Å². The van der Waals surface area contributed by atoms with Gasteiger partial charge in [-0.1, -0.05) is 66.6 Å². The van der Waals surface area contributed by atoms with E-state index in [0.29, 0.717) is 0 Å². The first-order valence-electron chi connectivity index (χ1n) is 5.73. The van der Waals surface area contributed by atoms with Crippen LogP contribution >= 0.6 is 0 Å². The molecule has 3 rings (SSSR count). The van der Waals surface area contributed by atoms with E-state index in [2.05, 4.69) is 54.5 Å². The van der Waals surface area contributed by atoms with Crippen molar-refractivity contribution in [2.45, 2.75) is 0 Å². The normalized spacial score (nSPS) is 14.5. The zero-order chi connectivity index (χ0) is 11.7. The molecule has 0 saturated heterocycles. The SMILES string of the molecule is C#CC1C(c2ccccc2)=C1c1ccccc1. The highest BCUT2D eigenvalue weighted by molar-refractivity contribution is 6.12. The summed E-state index contributed by atoms with van der Waals surface area (Å²) < 4.78 is 0. The number of terminal acetylenes is 1. The van der Waals surface area contributed by atoms with E-state index in [1.807, 2.05) is 12.1 Å². The average Bonchev–Trinajstić information content (AvgIpc) is 3.15. The van der Waals surface area contributed by atoms with Crippen LogP contribution in [0.4, 0.5) is 0 Å². The number of benzene rings is 2. The predicted molar refractivity (Wildman–Crippen MR) is 72.0 cm³/mol. The summed E-state index contributed by atoms with van der Waals surface area (Å²) >= 11 is 0. The zero-order valence-corrected chi connectivity index (χ0v) is 9.43. The summed E-state index contributed by atoms with van der Waals surface area (Å²) in [5, 5.41) is 0. The van der Waals surface area contributed by atoms with E-state index in [9.17, 15) is 0 Å². The van der Waals surface area contributed by atoms with E-state index in [1.165, 1.54) is 22.3 Å². The molecule has 0 heterocycles. The summed E-state index contributed by atoms with van der Waals surface area (Å²) in [6.07, 6.45) is 5.60. The van der Waals surface area contributed by atoms with Gasteiger partial charge < -0.3 is 0 Å². The minimum absolute atomic E-state index is 0.194. The molecule has 0 fully saturated rings. The van der Waals surface area contributed by atoms with Crippen molar-refractivity contribution in [1.29, 1.82) is 0 Å². The van der Waals surface area contributed by atoms with Gasteiger partial charge in [0.2, 0.25) is 0 Å². The summed E-state index contributed by atoms with van der Waals surface area (Å²) in [6, 6.07) is 20.7. The van der Waals surface area contributed by atoms with E-state index in [0.717, 1.165) is 0 Å². The Kier molecular flexibility index (Phi) is 2.31. The molecule has 1 aliphatic rings. The Morgan fingerprint density at radius 1 is 0.706 bits per heavy atom. The van der Waals surface area contributed by atoms with Crippen LogP contribution in [-0.4, -0.2) is 0 Å². The van der Waals surface area contributed by atoms with Crippen LogP contribution in [0.5, 0.6) is 0 Å². The van der Waals surface area contributed by atoms with Crippen molar-refractivity contribution in [3.05, 3.63) is 71.8 Å². The minimum Gasteiger partial charge on any atom is -0.119 e. The summed E-state index contributed by atoms with van der Waals surface area (Å²) in [5.41, 5.74) is 5.10. The Hall–Kier alpha value is -2.26. The smallest absolute Gasteiger partial charge is 0.0717 e. The highest BCUT2D eigenvalue weighted by Gasteiger charge is 2.36. The van der Waals surface area contributed by atoms with Gasteiger partial charge in [-0.2, -0.15) is 0 Å². The van der Waals surface area contributed by atoms with Gasteiger partial charge in [0.1, 0.15) is 0 Å². The van der Waals surface area contributed by atoms with Gasteiger partial charge >= 0.3 is 0 Å². The van der Waals surface area contributed by atoms with Gasteiger partial charge in [0.15, 0.2) is 0 Å². The zero-order valence-electron chi connectivity index (χ0n) is 9.43. The maximum atomic E-state index is 5.60. The Morgan fingerprint density at radius 2 is 1.12 bits per heavy atom. The number of hydrogen-bond donors (Lipinski definition) is 0. The molecule has 0 atom stereocenters. The van der Waals surface area contributed by atoms with Crippen LogP contribution in [0.15, 0.2) is 60.7 Å². The van der Waals surface area contributed by atoms with Gasteiger partial charge in [0.25, 0.3) is 0 Å². The van der Waals surface area contributed by atoms with E-state index in [4.69, 9.17) is 6.42 Å². The first-order valence-corrected chi connectivity index (χ1v) is 5.73. The van der Waals surface area contributed by atoms with Crippen LogP contribution in [0, 0.1) is 18.3 Å². The second-order valence-electron chi connectivity index (χ2n) is 4.16. The van der Waals surface area contributed by atoms with Crippen LogP contribution in [0.1, 0.15) is 11.1 Å². The van der Waals surface area contributed by atoms with Crippen molar-refractivity contribution >= 4 is 11.1 Å². The van der Waals surface area contributed by atoms with Gasteiger partial charge in [-0.3, -0.25) is 0 Å². The third kappa shape index (κ3) is 1.66. The fraction of sp³-hybridized carbons (Fsp3) is 0.0588. The Morgan fingerprint density at radius 3 is 1.47 bits per heavy atom. The van der Waals surface area contributed by atoms with Gasteiger partial charge in [-0.25, -0.2) is 0 Å². The second-order valence-corrected chi connectivity index (χ2v) is 4.16. The average molecular weight is 216 g/mol. The lowest BCUT2D eigenvalue weighted by molar-refractivity contribution is 1.33. The minimum atomic E-state index is 0.194. The largest absolute Gasteiger partial charge is 0.119 e. The molecule has 0 bridgehead atoms. The third-order valence-corrected chi connectivity index (χ3v) is 3.12. The summed E-state index contributed by atoms with van der Waals surface area (Å²) in [4.78, 5) is 0. The van der Waals surface area contributed by atoms with E-state index >= 15 is 0 Å². The molecule has 0 amide bonds. The van der Waals surface area contributed by atoms with Crippen molar-refractivity contribution in [3.8, 4) is 12.3 Å². The van der Waals surface area contributed by atoms with Crippen molar-refractivity contribution < 1.29 is 0 Å². The Balaban J connectivity index is 2.05. The second kappa shape index (κ2) is 3.96. The van der Waals surface area contributed by atoms with Crippen LogP contribution in [0.2, 0.25) is 0 Å². The number of hydrogen-bond acceptors (Lipinski definition) is 0. The molecule has 0 N–H and O–H groups in total. The molecule has 0 spiro atoms. The fourth-order valence-corrected chi connectivity index (χ4v) is 2.27. The molecule has 17 heavy (non-hydrogen) atoms. The molecular weight excluding hydrogens is 204 g/mol. The van der Waals surface area contributed by atoms with Crippen LogP contribution < -0.4 is 0 Å². The van der Waals surface area contributed by atoms with E-state index < -0.39 is 0 Å². The highest BCUT2D eigenvalue weighted by atomic mass is 14.4. The van der Waals surface area contributed by atoms with Crippen LogP contribution in [-0.2, 0) is 0 Å². The van der Waals surface area contributed by atoms with E-state index in [-0.39, 0.29) is 5.92 Å². The molecule has 0 heteroatoms. The van der Waals surface area contributed by atoms with Gasteiger partial charge in [0, 0.05) is 0 Å². The lowest BCUT2D eigenvalue weighted by atomic mass is 10.1. The molecule has 2 aromatic rings. The first kappa shape index (κ1) is 9.93. The lowest BCUT2D eigenvalue weighted by Crippen LogP contribution is -1.78. The topological polar surface area (TPSA) is 0 Å². The molecule has 80 valence electrons. The van der Waals surface area contributed by atoms with E-state index in [1.54, 1.807) is 0 Å². The summed E-state index contributed by atoms with van der Waals surface area (Å²) in [5.74, 6) is 3.06. The number of rotatable bonds is 2. The Bertz CT molecular complexity index is 548. The predicted octanol–water partition coefficient (Wildman–Crippen LogP) is 3.86. The first-order chi connectivity index (χ1) is 8.42. The third-order valence-electron chi connectivity index (χ3n) is 3.12. The molecular formula is C17H12. The number of allylic oxidation sites excluding steroid dienone is 2. The summed E-state index contributed by atoms with van der Waals surface area (Å²) in [6.45, 7) is 0. The van der Waals surface area contributed by atoms with Crippen molar-refractivity contribution in [3.63, 3.8) is 0 Å². The maximum Gasteiger partial charge on any atom is 0.0717 e. The molecule has 0 radical (unpaired) electrons. The monoisotopic (exact) mass is 216 g/mol. The highest BCUT2D eigenvalue weighted by Crippen LogP contribution is 2.52. The standard InChI is InChI=1S/C17H12/c1-2-15-16(13-9-5-3-6-10-13)17(15)14-11-7-4-8-12-14/h1,3-12,15H. The van der Waals surface area contributed by atoms with Crippen molar-refractivity contribution in [2.24, 2.45) is 5.92 Å². The molecule has 2 aromatic carbocycles. The molecule has 0 aromatic heterocycles. The Labute approximate surface area is 102 Å². The molecule has 0 saturated carbocycles. The van der Waals surface area contributed by atoms with Crippen molar-refractivity contribution in [1.82, 2.24) is 0 Å². The fourth-order valence-electron chi connectivity index (χ4n) is 2.27. The lowest BCUT2D eigenvalue weighted by Gasteiger charge is -1.92. The van der Waals surface area contributed by atoms with Gasteiger partial charge in [-0.05, 0) is 22.3 Å². The quantitative estimate of drug-likeness (QED) is 0.669. The van der Waals surface area contributed by atoms with Crippen LogP contribution in [0.3, 0.4) is 0 Å². The molecule has 0 nitrogen and oxygen atoms in total. The summed E-state index contributed by atoms with van der Waals surface area (Å²) in [7, 11) is 0. The maximum absolute atomic E-state index is 5.60.